The molecule has 0 bridgehead atoms. The lowest BCUT2D eigenvalue weighted by Gasteiger charge is -2.20. The molecule has 3 aromatic rings. The van der Waals surface area contributed by atoms with Gasteiger partial charge in [-0.1, -0.05) is 39.0 Å². The topological polar surface area (TPSA) is 76.3 Å². The predicted octanol–water partition coefficient (Wildman–Crippen LogP) is 7.41. The number of allylic oxidation sites excluding steroid dienone is 2. The number of nitrogens with zero attached hydrogens (tertiary/aromatic N) is 1. The second-order valence-electron chi connectivity index (χ2n) is 9.72. The standard InChI is InChI=1S/C31H40N6/c1-7-20(3)17-27(22(5)32-6)31(36-26-10-12-29-24(19-26)14-16-34-29)37-30(21(4)8-2)35-25-9-11-28-23(18-25)13-15-33-28/h9-13,15,17-19,21,32-34,36H,5,7-8,14,16H2,1-4,6H3,(H,35,37)/b20-17?,31-27-. The molecule has 0 aliphatic carbocycles. The van der Waals surface area contributed by atoms with Crippen LogP contribution in [0.1, 0.15) is 46.1 Å². The fourth-order valence-electron chi connectivity index (χ4n) is 4.31. The maximum atomic E-state index is 5.26. The van der Waals surface area contributed by atoms with Gasteiger partial charge in [0, 0.05) is 64.9 Å². The average molecular weight is 497 g/mol. The minimum Gasteiger partial charge on any atom is -0.388 e. The van der Waals surface area contributed by atoms with Crippen molar-refractivity contribution >= 4 is 33.8 Å². The van der Waals surface area contributed by atoms with E-state index in [2.05, 4.69) is 109 Å². The van der Waals surface area contributed by atoms with Crippen molar-refractivity contribution in [3.63, 3.8) is 0 Å². The number of hydrogen-bond acceptors (Lipinski definition) is 4. The summed E-state index contributed by atoms with van der Waals surface area (Å²) >= 11 is 0. The molecule has 194 valence electrons. The molecule has 6 nitrogen and oxygen atoms in total. The third-order valence-electron chi connectivity index (χ3n) is 7.05. The van der Waals surface area contributed by atoms with Crippen LogP contribution < -0.4 is 21.3 Å². The fraction of sp³-hybridized carbons (Fsp3) is 0.323. The summed E-state index contributed by atoms with van der Waals surface area (Å²) in [4.78, 5) is 8.53. The molecule has 0 fully saturated rings. The zero-order valence-electron chi connectivity index (χ0n) is 22.8. The molecule has 5 N–H and O–H groups in total. The molecule has 1 aliphatic heterocycles. The van der Waals surface area contributed by atoms with Crippen LogP contribution in [-0.4, -0.2) is 24.4 Å². The molecule has 1 unspecified atom stereocenters. The van der Waals surface area contributed by atoms with Gasteiger partial charge in [0.1, 0.15) is 11.7 Å². The molecular formula is C31H40N6. The van der Waals surface area contributed by atoms with Crippen LogP contribution >= 0.6 is 0 Å². The van der Waals surface area contributed by atoms with E-state index in [1.807, 2.05) is 13.2 Å². The van der Waals surface area contributed by atoms with Crippen molar-refractivity contribution in [2.45, 2.75) is 47.0 Å². The number of rotatable bonds is 10. The van der Waals surface area contributed by atoms with Gasteiger partial charge in [0.15, 0.2) is 0 Å². The van der Waals surface area contributed by atoms with E-state index in [-0.39, 0.29) is 5.92 Å². The quantitative estimate of drug-likeness (QED) is 0.115. The Morgan fingerprint density at radius 2 is 1.89 bits per heavy atom. The van der Waals surface area contributed by atoms with Gasteiger partial charge in [0.2, 0.25) is 0 Å². The SMILES string of the molecule is C=C(NC)/C(C=C(C)CC)=C(\N=C(\Nc1ccc2[nH]ccc2c1)C(C)CC)Nc1ccc2c(c1)CCN2. The van der Waals surface area contributed by atoms with E-state index in [0.717, 1.165) is 65.6 Å². The third-order valence-corrected chi connectivity index (χ3v) is 7.05. The first-order valence-electron chi connectivity index (χ1n) is 13.3. The highest BCUT2D eigenvalue weighted by atomic mass is 15.1. The van der Waals surface area contributed by atoms with E-state index in [4.69, 9.17) is 4.99 Å². The van der Waals surface area contributed by atoms with Crippen LogP contribution in [0.2, 0.25) is 0 Å². The fourth-order valence-corrected chi connectivity index (χ4v) is 4.31. The molecule has 0 saturated heterocycles. The van der Waals surface area contributed by atoms with Gasteiger partial charge in [0.05, 0.1) is 0 Å². The molecule has 1 atom stereocenters. The molecule has 0 radical (unpaired) electrons. The molecule has 1 aliphatic rings. The summed E-state index contributed by atoms with van der Waals surface area (Å²) < 4.78 is 0. The van der Waals surface area contributed by atoms with E-state index in [9.17, 15) is 0 Å². The van der Waals surface area contributed by atoms with Crippen LogP contribution in [0, 0.1) is 5.92 Å². The van der Waals surface area contributed by atoms with Crippen molar-refractivity contribution in [1.29, 1.82) is 0 Å². The van der Waals surface area contributed by atoms with Crippen LogP contribution in [0.4, 0.5) is 17.1 Å². The summed E-state index contributed by atoms with van der Waals surface area (Å²) in [5.41, 5.74) is 8.71. The lowest BCUT2D eigenvalue weighted by Crippen LogP contribution is -2.22. The molecular weight excluding hydrogens is 456 g/mol. The van der Waals surface area contributed by atoms with E-state index in [1.54, 1.807) is 0 Å². The Morgan fingerprint density at radius 3 is 2.65 bits per heavy atom. The van der Waals surface area contributed by atoms with Gasteiger partial charge in [0.25, 0.3) is 0 Å². The number of anilines is 3. The Kier molecular flexibility index (Phi) is 8.39. The number of H-pyrrole nitrogens is 1. The van der Waals surface area contributed by atoms with Gasteiger partial charge >= 0.3 is 0 Å². The Bertz CT molecular complexity index is 1360. The number of benzene rings is 2. The number of nitrogens with one attached hydrogen (secondary N) is 5. The van der Waals surface area contributed by atoms with Gasteiger partial charge in [-0.2, -0.15) is 0 Å². The zero-order valence-corrected chi connectivity index (χ0v) is 22.8. The lowest BCUT2D eigenvalue weighted by molar-refractivity contribution is 0.736. The number of hydrogen-bond donors (Lipinski definition) is 5. The number of aliphatic imine (C=N–C) groups is 1. The highest BCUT2D eigenvalue weighted by Crippen LogP contribution is 2.28. The summed E-state index contributed by atoms with van der Waals surface area (Å²) in [6.45, 7) is 14.0. The monoisotopic (exact) mass is 496 g/mol. The van der Waals surface area contributed by atoms with Crippen molar-refractivity contribution in [3.8, 4) is 0 Å². The highest BCUT2D eigenvalue weighted by Gasteiger charge is 2.16. The molecule has 4 rings (SSSR count). The Balaban J connectivity index is 1.82. The summed E-state index contributed by atoms with van der Waals surface area (Å²) in [6.07, 6.45) is 7.09. The number of likely N-dealkylation sites (N-methyl/N-ethyl adjacent to an activating group) is 1. The number of fused-ring (bicyclic) bond motifs is 2. The lowest BCUT2D eigenvalue weighted by atomic mass is 10.1. The van der Waals surface area contributed by atoms with Crippen LogP contribution in [0.3, 0.4) is 0 Å². The van der Waals surface area contributed by atoms with Crippen molar-refractivity contribution in [2.75, 3.05) is 29.5 Å². The predicted molar refractivity (Wildman–Crippen MR) is 160 cm³/mol. The van der Waals surface area contributed by atoms with Gasteiger partial charge < -0.3 is 26.3 Å². The molecule has 2 aromatic carbocycles. The first-order valence-corrected chi connectivity index (χ1v) is 13.3. The minimum atomic E-state index is 0.225. The zero-order chi connectivity index (χ0) is 26.4. The van der Waals surface area contributed by atoms with Crippen molar-refractivity contribution in [2.24, 2.45) is 10.9 Å². The number of aromatic amines is 1. The Labute approximate surface area is 221 Å². The van der Waals surface area contributed by atoms with Gasteiger partial charge in [-0.05, 0) is 74.2 Å². The molecule has 37 heavy (non-hydrogen) atoms. The molecule has 0 spiro atoms. The van der Waals surface area contributed by atoms with Gasteiger partial charge in [-0.15, -0.1) is 0 Å². The minimum absolute atomic E-state index is 0.225. The second kappa shape index (κ2) is 11.9. The van der Waals surface area contributed by atoms with Gasteiger partial charge in [-0.25, -0.2) is 4.99 Å². The molecule has 6 heteroatoms. The van der Waals surface area contributed by atoms with Crippen molar-refractivity contribution < 1.29 is 0 Å². The summed E-state index contributed by atoms with van der Waals surface area (Å²) in [7, 11) is 1.90. The normalized spacial score (nSPS) is 15.1. The average Bonchev–Trinajstić information content (AvgIpc) is 3.58. The van der Waals surface area contributed by atoms with Crippen LogP contribution in [0.5, 0.6) is 0 Å². The summed E-state index contributed by atoms with van der Waals surface area (Å²) in [5, 5.41) is 15.1. The molecule has 0 saturated carbocycles. The van der Waals surface area contributed by atoms with Crippen molar-refractivity contribution in [1.82, 2.24) is 10.3 Å². The maximum absolute atomic E-state index is 5.26. The smallest absolute Gasteiger partial charge is 0.141 e. The molecule has 2 heterocycles. The molecule has 1 aromatic heterocycles. The highest BCUT2D eigenvalue weighted by molar-refractivity contribution is 5.99. The largest absolute Gasteiger partial charge is 0.388 e. The second-order valence-corrected chi connectivity index (χ2v) is 9.72. The van der Waals surface area contributed by atoms with E-state index >= 15 is 0 Å². The van der Waals surface area contributed by atoms with E-state index in [0.29, 0.717) is 0 Å². The van der Waals surface area contributed by atoms with Crippen LogP contribution in [0.25, 0.3) is 10.9 Å². The van der Waals surface area contributed by atoms with Crippen LogP contribution in [0.15, 0.2) is 89.0 Å². The first-order chi connectivity index (χ1) is 17.9. The van der Waals surface area contributed by atoms with E-state index in [1.165, 1.54) is 22.2 Å². The Hall–Kier alpha value is -3.93. The summed E-state index contributed by atoms with van der Waals surface area (Å²) in [5.74, 6) is 1.90. The van der Waals surface area contributed by atoms with Gasteiger partial charge in [-0.3, -0.25) is 0 Å². The summed E-state index contributed by atoms with van der Waals surface area (Å²) in [6, 6.07) is 14.9. The number of aromatic nitrogens is 1. The van der Waals surface area contributed by atoms with Crippen molar-refractivity contribution in [3.05, 3.63) is 89.5 Å². The maximum Gasteiger partial charge on any atom is 0.141 e. The number of amidine groups is 1. The Morgan fingerprint density at radius 1 is 1.11 bits per heavy atom. The van der Waals surface area contributed by atoms with E-state index < -0.39 is 0 Å². The van der Waals surface area contributed by atoms with Crippen LogP contribution in [-0.2, 0) is 6.42 Å². The first kappa shape index (κ1) is 26.1. The third kappa shape index (κ3) is 6.26. The molecule has 0 amide bonds.